The summed E-state index contributed by atoms with van der Waals surface area (Å²) in [6, 6.07) is 5.68. The third kappa shape index (κ3) is 2.98. The van der Waals surface area contributed by atoms with Gasteiger partial charge < -0.3 is 10.3 Å². The molecule has 2 aromatic heterocycles. The molecule has 0 aromatic carbocycles. The molecule has 2 rings (SSSR count). The molecule has 0 spiro atoms. The molecule has 0 unspecified atom stereocenters. The van der Waals surface area contributed by atoms with Crippen LogP contribution in [0, 0.1) is 0 Å². The molecule has 2 aromatic rings. The molecule has 4 nitrogen and oxygen atoms in total. The molecule has 0 bridgehead atoms. The molecule has 0 atom stereocenters. The number of nitrogens with one attached hydrogen (secondary N) is 2. The Kier molecular flexibility index (Phi) is 4.15. The summed E-state index contributed by atoms with van der Waals surface area (Å²) in [7, 11) is 0. The molecule has 2 heterocycles. The molecule has 0 aliphatic carbocycles. The summed E-state index contributed by atoms with van der Waals surface area (Å²) in [4.78, 5) is 19.0. The smallest absolute Gasteiger partial charge is 0.268 e. The van der Waals surface area contributed by atoms with Gasteiger partial charge in [0.2, 0.25) is 0 Å². The van der Waals surface area contributed by atoms with Crippen LogP contribution in [0.3, 0.4) is 0 Å². The fraction of sp³-hybridized carbons (Fsp3) is 0.231. The first-order valence-electron chi connectivity index (χ1n) is 5.75. The number of hydrogen-bond donors (Lipinski definition) is 2. The summed E-state index contributed by atoms with van der Waals surface area (Å²) >= 11 is 3.30. The van der Waals surface area contributed by atoms with Crippen LogP contribution in [-0.4, -0.2) is 15.9 Å². The minimum Gasteiger partial charge on any atom is -0.356 e. The van der Waals surface area contributed by atoms with Crippen LogP contribution >= 0.6 is 15.9 Å². The molecule has 0 aliphatic rings. The molecule has 0 fully saturated rings. The lowest BCUT2D eigenvalue weighted by Gasteiger charge is -2.07. The number of carbonyl (C=O) groups is 1. The molecular formula is C13H14BrN3O. The number of pyridine rings is 1. The van der Waals surface area contributed by atoms with Crippen LogP contribution in [0.2, 0.25) is 0 Å². The summed E-state index contributed by atoms with van der Waals surface area (Å²) in [6.07, 6.45) is 4.38. The first kappa shape index (κ1) is 12.8. The van der Waals surface area contributed by atoms with Crippen molar-refractivity contribution in [2.45, 2.75) is 19.9 Å². The maximum Gasteiger partial charge on any atom is 0.268 e. The van der Waals surface area contributed by atoms with Crippen LogP contribution in [0.25, 0.3) is 0 Å². The normalized spacial score (nSPS) is 10.3. The standard InChI is InChI=1S/C13H14BrN3O/c1-2-9-4-3-5-15-12(9)8-17-13(18)11-6-10(14)7-16-11/h3-7,16H,2,8H2,1H3,(H,17,18). The number of rotatable bonds is 4. The van der Waals surface area contributed by atoms with Crippen molar-refractivity contribution in [1.29, 1.82) is 0 Å². The van der Waals surface area contributed by atoms with Crippen molar-refractivity contribution >= 4 is 21.8 Å². The minimum absolute atomic E-state index is 0.131. The first-order chi connectivity index (χ1) is 8.70. The SMILES string of the molecule is CCc1cccnc1CNC(=O)c1cc(Br)c[nH]1. The highest BCUT2D eigenvalue weighted by Gasteiger charge is 2.08. The van der Waals surface area contributed by atoms with Crippen molar-refractivity contribution in [2.24, 2.45) is 0 Å². The van der Waals surface area contributed by atoms with E-state index >= 15 is 0 Å². The van der Waals surface area contributed by atoms with E-state index in [0.717, 1.165) is 22.2 Å². The number of nitrogens with zero attached hydrogens (tertiary/aromatic N) is 1. The summed E-state index contributed by atoms with van der Waals surface area (Å²) in [6.45, 7) is 2.52. The fourth-order valence-electron chi connectivity index (χ4n) is 1.71. The van der Waals surface area contributed by atoms with Crippen molar-refractivity contribution in [3.8, 4) is 0 Å². The Morgan fingerprint density at radius 3 is 3.06 bits per heavy atom. The lowest BCUT2D eigenvalue weighted by Crippen LogP contribution is -2.24. The topological polar surface area (TPSA) is 57.8 Å². The highest BCUT2D eigenvalue weighted by molar-refractivity contribution is 9.10. The van der Waals surface area contributed by atoms with E-state index in [9.17, 15) is 4.79 Å². The van der Waals surface area contributed by atoms with Gasteiger partial charge in [0.1, 0.15) is 5.69 Å². The molecule has 18 heavy (non-hydrogen) atoms. The largest absolute Gasteiger partial charge is 0.356 e. The Hall–Kier alpha value is -1.62. The lowest BCUT2D eigenvalue weighted by molar-refractivity contribution is 0.0946. The van der Waals surface area contributed by atoms with Gasteiger partial charge in [-0.15, -0.1) is 0 Å². The number of carbonyl (C=O) groups excluding carboxylic acids is 1. The summed E-state index contributed by atoms with van der Waals surface area (Å²) in [5.41, 5.74) is 2.61. The van der Waals surface area contributed by atoms with E-state index in [-0.39, 0.29) is 5.91 Å². The Morgan fingerprint density at radius 1 is 1.56 bits per heavy atom. The van der Waals surface area contributed by atoms with Gasteiger partial charge in [0.15, 0.2) is 0 Å². The highest BCUT2D eigenvalue weighted by Crippen LogP contribution is 2.11. The number of amides is 1. The highest BCUT2D eigenvalue weighted by atomic mass is 79.9. The van der Waals surface area contributed by atoms with E-state index in [1.54, 1.807) is 18.5 Å². The van der Waals surface area contributed by atoms with Gasteiger partial charge in [-0.3, -0.25) is 9.78 Å². The van der Waals surface area contributed by atoms with E-state index in [0.29, 0.717) is 12.2 Å². The average Bonchev–Trinajstić information content (AvgIpc) is 2.83. The van der Waals surface area contributed by atoms with Gasteiger partial charge in [-0.05, 0) is 40.0 Å². The number of H-pyrrole nitrogens is 1. The number of halogens is 1. The second kappa shape index (κ2) is 5.82. The average molecular weight is 308 g/mol. The van der Waals surface area contributed by atoms with Crippen molar-refractivity contribution < 1.29 is 4.79 Å². The maximum atomic E-state index is 11.8. The van der Waals surface area contributed by atoms with Gasteiger partial charge in [-0.2, -0.15) is 0 Å². The van der Waals surface area contributed by atoms with E-state index < -0.39 is 0 Å². The molecule has 0 aliphatic heterocycles. The number of hydrogen-bond acceptors (Lipinski definition) is 2. The maximum absolute atomic E-state index is 11.8. The number of aromatic nitrogens is 2. The Morgan fingerprint density at radius 2 is 2.39 bits per heavy atom. The van der Waals surface area contributed by atoms with Crippen LogP contribution in [0.15, 0.2) is 35.1 Å². The van der Waals surface area contributed by atoms with Gasteiger partial charge >= 0.3 is 0 Å². The first-order valence-corrected chi connectivity index (χ1v) is 6.55. The van der Waals surface area contributed by atoms with Gasteiger partial charge in [-0.25, -0.2) is 0 Å². The van der Waals surface area contributed by atoms with Crippen LogP contribution in [-0.2, 0) is 13.0 Å². The van der Waals surface area contributed by atoms with E-state index in [1.165, 1.54) is 0 Å². The summed E-state index contributed by atoms with van der Waals surface area (Å²) in [5.74, 6) is -0.131. The van der Waals surface area contributed by atoms with E-state index in [1.807, 2.05) is 12.1 Å². The lowest BCUT2D eigenvalue weighted by atomic mass is 10.1. The summed E-state index contributed by atoms with van der Waals surface area (Å²) in [5, 5.41) is 2.85. The van der Waals surface area contributed by atoms with Gasteiger partial charge in [0, 0.05) is 16.9 Å². The molecule has 94 valence electrons. The molecule has 0 saturated heterocycles. The Bertz CT molecular complexity index is 551. The number of aryl methyl sites for hydroxylation is 1. The molecule has 0 radical (unpaired) electrons. The third-order valence-corrected chi connectivity index (χ3v) is 3.13. The van der Waals surface area contributed by atoms with E-state index in [2.05, 4.69) is 38.1 Å². The zero-order valence-electron chi connectivity index (χ0n) is 10.0. The van der Waals surface area contributed by atoms with Crippen molar-refractivity contribution in [3.05, 3.63) is 52.0 Å². The Labute approximate surface area is 114 Å². The second-order valence-corrected chi connectivity index (χ2v) is 4.79. The van der Waals surface area contributed by atoms with Gasteiger partial charge in [0.25, 0.3) is 5.91 Å². The van der Waals surface area contributed by atoms with Gasteiger partial charge in [-0.1, -0.05) is 13.0 Å². The van der Waals surface area contributed by atoms with E-state index in [4.69, 9.17) is 0 Å². The molecule has 0 saturated carbocycles. The van der Waals surface area contributed by atoms with Crippen LogP contribution in [0.5, 0.6) is 0 Å². The molecule has 5 heteroatoms. The minimum atomic E-state index is -0.131. The summed E-state index contributed by atoms with van der Waals surface area (Å²) < 4.78 is 0.861. The quantitative estimate of drug-likeness (QED) is 0.912. The van der Waals surface area contributed by atoms with Crippen LogP contribution in [0.4, 0.5) is 0 Å². The van der Waals surface area contributed by atoms with Crippen molar-refractivity contribution in [2.75, 3.05) is 0 Å². The fourth-order valence-corrected chi connectivity index (χ4v) is 2.05. The monoisotopic (exact) mass is 307 g/mol. The van der Waals surface area contributed by atoms with Crippen LogP contribution in [0.1, 0.15) is 28.7 Å². The predicted octanol–water partition coefficient (Wildman–Crippen LogP) is 2.66. The predicted molar refractivity (Wildman–Crippen MR) is 73.3 cm³/mol. The molecule has 2 N–H and O–H groups in total. The Balaban J connectivity index is 2.01. The molecule has 1 amide bonds. The molecular weight excluding hydrogens is 294 g/mol. The van der Waals surface area contributed by atoms with Crippen molar-refractivity contribution in [1.82, 2.24) is 15.3 Å². The second-order valence-electron chi connectivity index (χ2n) is 3.88. The van der Waals surface area contributed by atoms with Crippen LogP contribution < -0.4 is 5.32 Å². The van der Waals surface area contributed by atoms with Gasteiger partial charge in [0.05, 0.1) is 12.2 Å². The third-order valence-electron chi connectivity index (χ3n) is 2.67. The van der Waals surface area contributed by atoms with Crippen molar-refractivity contribution in [3.63, 3.8) is 0 Å². The zero-order valence-corrected chi connectivity index (χ0v) is 11.6. The zero-order chi connectivity index (χ0) is 13.0. The number of aromatic amines is 1.